The van der Waals surface area contributed by atoms with Crippen molar-refractivity contribution in [2.24, 2.45) is 0 Å². The molecule has 0 bridgehead atoms. The van der Waals surface area contributed by atoms with Crippen LogP contribution in [0.5, 0.6) is 5.75 Å². The number of ether oxygens (including phenoxy) is 1. The van der Waals surface area contributed by atoms with Gasteiger partial charge in [-0.1, -0.05) is 0 Å². The highest BCUT2D eigenvalue weighted by Gasteiger charge is 2.38. The van der Waals surface area contributed by atoms with Crippen LogP contribution in [0.4, 0.5) is 27.6 Å². The molecule has 0 N–H and O–H groups in total. The molecule has 18 heavy (non-hydrogen) atoms. The predicted octanol–water partition coefficient (Wildman–Crippen LogP) is 3.43. The zero-order valence-electron chi connectivity index (χ0n) is 8.04. The maximum atomic E-state index is 12.5. The third-order valence-corrected chi connectivity index (χ3v) is 2.12. The minimum atomic E-state index is -5.23. The summed E-state index contributed by atoms with van der Waals surface area (Å²) in [5.41, 5.74) is -2.87. The Hall–Kier alpha value is -1.27. The summed E-state index contributed by atoms with van der Waals surface area (Å²) in [6.45, 7) is 0. The van der Waals surface area contributed by atoms with Gasteiger partial charge in [-0.3, -0.25) is 10.1 Å². The van der Waals surface area contributed by atoms with Crippen LogP contribution in [0.15, 0.2) is 6.07 Å². The third kappa shape index (κ3) is 3.61. The van der Waals surface area contributed by atoms with Gasteiger partial charge in [0.2, 0.25) is 5.75 Å². The maximum Gasteiger partial charge on any atom is 0.573 e. The van der Waals surface area contributed by atoms with E-state index in [0.717, 1.165) is 0 Å². The van der Waals surface area contributed by atoms with Crippen molar-refractivity contribution in [2.45, 2.75) is 12.8 Å². The Labute approximate surface area is 109 Å². The van der Waals surface area contributed by atoms with Crippen LogP contribution in [0.25, 0.3) is 0 Å². The van der Waals surface area contributed by atoms with E-state index in [1.54, 1.807) is 0 Å². The molecule has 1 aromatic rings. The number of hydrogen-bond donors (Lipinski definition) is 0. The highest BCUT2D eigenvalue weighted by atomic mass is 127. The van der Waals surface area contributed by atoms with Crippen LogP contribution in [0, 0.1) is 13.8 Å². The van der Waals surface area contributed by atoms with Gasteiger partial charge in [0, 0.05) is 6.07 Å². The lowest BCUT2D eigenvalue weighted by Crippen LogP contribution is -2.19. The molecule has 0 aliphatic carbocycles. The van der Waals surface area contributed by atoms with Crippen LogP contribution in [-0.4, -0.2) is 16.3 Å². The first-order valence-electron chi connectivity index (χ1n) is 4.00. The topological polar surface area (TPSA) is 65.3 Å². The number of hydrogen-bond acceptors (Lipinski definition) is 4. The average molecular weight is 384 g/mol. The van der Waals surface area contributed by atoms with E-state index in [1.807, 2.05) is 0 Å². The minimum Gasteiger partial charge on any atom is -0.398 e. The highest BCUT2D eigenvalue weighted by Crippen LogP contribution is 2.38. The monoisotopic (exact) mass is 384 g/mol. The van der Waals surface area contributed by atoms with Crippen molar-refractivity contribution in [3.05, 3.63) is 25.6 Å². The van der Waals surface area contributed by atoms with Crippen LogP contribution >= 0.6 is 22.6 Å². The Kier molecular flexibility index (Phi) is 4.24. The van der Waals surface area contributed by atoms with E-state index >= 15 is 0 Å². The summed E-state index contributed by atoms with van der Waals surface area (Å²) < 4.78 is 64.0. The fourth-order valence-electron chi connectivity index (χ4n) is 1.04. The van der Waals surface area contributed by atoms with E-state index in [9.17, 15) is 32.1 Å². The minimum absolute atomic E-state index is 0.284. The van der Waals surface area contributed by atoms with Crippen LogP contribution in [0.1, 0.15) is 12.1 Å². The molecule has 0 atom stereocenters. The first-order chi connectivity index (χ1) is 8.11. The lowest BCUT2D eigenvalue weighted by Gasteiger charge is -2.11. The smallest absolute Gasteiger partial charge is 0.398 e. The van der Waals surface area contributed by atoms with E-state index in [2.05, 4.69) is 9.72 Å². The predicted molar refractivity (Wildman–Crippen MR) is 55.2 cm³/mol. The third-order valence-electron chi connectivity index (χ3n) is 1.57. The molecule has 0 aliphatic rings. The number of nitrogens with zero attached hydrogens (tertiary/aromatic N) is 2. The van der Waals surface area contributed by atoms with Crippen molar-refractivity contribution in [2.75, 3.05) is 0 Å². The molecule has 1 aromatic heterocycles. The second-order valence-electron chi connectivity index (χ2n) is 2.78. The SMILES string of the molecule is O=[N+]([O-])c1c(OC(F)(F)F)cc(I)nc1C(F)F. The van der Waals surface area contributed by atoms with Crippen molar-refractivity contribution >= 4 is 28.3 Å². The lowest BCUT2D eigenvalue weighted by molar-refractivity contribution is -0.390. The van der Waals surface area contributed by atoms with Gasteiger partial charge in [-0.25, -0.2) is 13.8 Å². The molecule has 11 heteroatoms. The summed E-state index contributed by atoms with van der Waals surface area (Å²) in [6.07, 6.45) is -8.62. The summed E-state index contributed by atoms with van der Waals surface area (Å²) >= 11 is 1.34. The fourth-order valence-corrected chi connectivity index (χ4v) is 1.58. The summed E-state index contributed by atoms with van der Waals surface area (Å²) in [5.74, 6) is -1.32. The van der Waals surface area contributed by atoms with Crippen molar-refractivity contribution < 1.29 is 31.6 Å². The Morgan fingerprint density at radius 2 is 2.00 bits per heavy atom. The molecule has 0 aliphatic heterocycles. The standard InChI is InChI=1S/C7H2F5IN2O3/c8-6(9)4-5(15(16)17)2(1-3(13)14-4)18-7(10,11)12/h1,6H. The second kappa shape index (κ2) is 5.16. The Morgan fingerprint density at radius 1 is 1.44 bits per heavy atom. The maximum absolute atomic E-state index is 12.5. The summed E-state index contributed by atoms with van der Waals surface area (Å²) in [4.78, 5) is 12.3. The molecule has 1 heterocycles. The van der Waals surface area contributed by atoms with E-state index < -0.39 is 34.8 Å². The summed E-state index contributed by atoms with van der Waals surface area (Å²) in [5, 5.41) is 10.5. The van der Waals surface area contributed by atoms with E-state index in [4.69, 9.17) is 0 Å². The van der Waals surface area contributed by atoms with Crippen LogP contribution in [0.2, 0.25) is 0 Å². The molecular weight excluding hydrogens is 382 g/mol. The molecule has 100 valence electrons. The normalized spacial score (nSPS) is 11.7. The Morgan fingerprint density at radius 3 is 2.39 bits per heavy atom. The molecule has 0 spiro atoms. The Bertz CT molecular complexity index is 479. The van der Waals surface area contributed by atoms with Gasteiger partial charge in [-0.05, 0) is 22.6 Å². The van der Waals surface area contributed by atoms with Gasteiger partial charge in [-0.2, -0.15) is 0 Å². The molecule has 1 rings (SSSR count). The Balaban J connectivity index is 3.44. The molecule has 0 radical (unpaired) electrons. The number of rotatable bonds is 3. The van der Waals surface area contributed by atoms with E-state index in [-0.39, 0.29) is 3.70 Å². The first-order valence-corrected chi connectivity index (χ1v) is 5.08. The zero-order valence-corrected chi connectivity index (χ0v) is 10.2. The van der Waals surface area contributed by atoms with Gasteiger partial charge >= 0.3 is 12.0 Å². The molecule has 0 amide bonds. The van der Waals surface area contributed by atoms with Crippen molar-refractivity contribution in [3.63, 3.8) is 0 Å². The molecular formula is C7H2F5IN2O3. The number of halogens is 6. The van der Waals surface area contributed by atoms with Crippen molar-refractivity contribution in [1.82, 2.24) is 4.98 Å². The van der Waals surface area contributed by atoms with Crippen LogP contribution < -0.4 is 4.74 Å². The molecule has 0 saturated carbocycles. The molecule has 0 fully saturated rings. The molecule has 5 nitrogen and oxygen atoms in total. The number of aromatic nitrogens is 1. The summed E-state index contributed by atoms with van der Waals surface area (Å²) in [7, 11) is 0. The van der Waals surface area contributed by atoms with E-state index in [1.165, 1.54) is 22.6 Å². The number of alkyl halides is 5. The lowest BCUT2D eigenvalue weighted by atomic mass is 10.3. The number of nitro groups is 1. The van der Waals surface area contributed by atoms with Crippen LogP contribution in [-0.2, 0) is 0 Å². The quantitative estimate of drug-likeness (QED) is 0.263. The molecule has 0 aromatic carbocycles. The van der Waals surface area contributed by atoms with Gasteiger partial charge in [0.1, 0.15) is 3.70 Å². The largest absolute Gasteiger partial charge is 0.573 e. The fraction of sp³-hybridized carbons (Fsp3) is 0.286. The zero-order chi connectivity index (χ0) is 14.1. The van der Waals surface area contributed by atoms with Gasteiger partial charge in [0.25, 0.3) is 6.43 Å². The van der Waals surface area contributed by atoms with Gasteiger partial charge in [0.05, 0.1) is 4.92 Å². The van der Waals surface area contributed by atoms with Crippen molar-refractivity contribution in [1.29, 1.82) is 0 Å². The summed E-state index contributed by atoms with van der Waals surface area (Å²) in [6, 6.07) is 0.554. The first kappa shape index (κ1) is 14.8. The average Bonchev–Trinajstić information content (AvgIpc) is 2.12. The van der Waals surface area contributed by atoms with Gasteiger partial charge in [0.15, 0.2) is 5.69 Å². The number of pyridine rings is 1. The van der Waals surface area contributed by atoms with Crippen LogP contribution in [0.3, 0.4) is 0 Å². The van der Waals surface area contributed by atoms with Gasteiger partial charge in [-0.15, -0.1) is 13.2 Å². The molecule has 0 unspecified atom stereocenters. The highest BCUT2D eigenvalue weighted by molar-refractivity contribution is 14.1. The molecule has 0 saturated heterocycles. The second-order valence-corrected chi connectivity index (χ2v) is 3.89. The van der Waals surface area contributed by atoms with Crippen molar-refractivity contribution in [3.8, 4) is 5.75 Å². The van der Waals surface area contributed by atoms with Gasteiger partial charge < -0.3 is 4.74 Å². The van der Waals surface area contributed by atoms with E-state index in [0.29, 0.717) is 6.07 Å².